The molecule has 3 unspecified atom stereocenters. The highest BCUT2D eigenvalue weighted by molar-refractivity contribution is 6.30. The lowest BCUT2D eigenvalue weighted by Crippen LogP contribution is -2.42. The molecule has 0 spiro atoms. The van der Waals surface area contributed by atoms with Crippen LogP contribution in [0.1, 0.15) is 38.2 Å². The molecule has 0 saturated carbocycles. The zero-order valence-electron chi connectivity index (χ0n) is 17.0. The number of hydrogen-bond donors (Lipinski definition) is 1. The molecule has 1 aromatic carbocycles. The zero-order chi connectivity index (χ0) is 21.7. The molecule has 2 aliphatic rings. The highest BCUT2D eigenvalue weighted by Gasteiger charge is 2.34. The Morgan fingerprint density at radius 3 is 2.60 bits per heavy atom. The van der Waals surface area contributed by atoms with Gasteiger partial charge in [-0.3, -0.25) is 4.99 Å². The van der Waals surface area contributed by atoms with Crippen LogP contribution < -0.4 is 5.32 Å². The first-order chi connectivity index (χ1) is 14.2. The van der Waals surface area contributed by atoms with E-state index in [1.54, 1.807) is 13.1 Å². The molecule has 1 saturated heterocycles. The third-order valence-electron chi connectivity index (χ3n) is 5.36. The zero-order valence-corrected chi connectivity index (χ0v) is 17.8. The van der Waals surface area contributed by atoms with Crippen molar-refractivity contribution in [1.29, 1.82) is 0 Å². The minimum absolute atomic E-state index is 0.107. The number of nitrogens with one attached hydrogen (secondary N) is 1. The van der Waals surface area contributed by atoms with Crippen molar-refractivity contribution in [2.45, 2.75) is 51.6 Å². The van der Waals surface area contributed by atoms with E-state index in [0.717, 1.165) is 30.7 Å². The van der Waals surface area contributed by atoms with Gasteiger partial charge in [-0.1, -0.05) is 30.7 Å². The molecule has 3 rings (SSSR count). The molecule has 1 aliphatic carbocycles. The molecule has 0 amide bonds. The minimum Gasteiger partial charge on any atom is -0.471 e. The lowest BCUT2D eigenvalue weighted by molar-refractivity contribution is -0.306. The molecule has 0 bridgehead atoms. The molecule has 1 heterocycles. The molecular weight excluding hydrogens is 417 g/mol. The quantitative estimate of drug-likeness (QED) is 0.609. The third kappa shape index (κ3) is 6.42. The second-order valence-corrected chi connectivity index (χ2v) is 8.10. The van der Waals surface area contributed by atoms with Crippen LogP contribution in [0.3, 0.4) is 0 Å². The SMILES string of the molecule is CN=C1NC(OC2=CCCC(OC(F)(F)F)=C2)C(Cc2ccc(Cl)cc2)CCC1C. The smallest absolute Gasteiger partial charge is 0.471 e. The number of ether oxygens (including phenoxy) is 2. The number of amidine groups is 1. The van der Waals surface area contributed by atoms with Crippen LogP contribution >= 0.6 is 11.6 Å². The molecule has 30 heavy (non-hydrogen) atoms. The first-order valence-corrected chi connectivity index (χ1v) is 10.4. The number of rotatable bonds is 5. The highest BCUT2D eigenvalue weighted by Crippen LogP contribution is 2.31. The van der Waals surface area contributed by atoms with E-state index in [2.05, 4.69) is 22.0 Å². The maximum atomic E-state index is 12.6. The van der Waals surface area contributed by atoms with Gasteiger partial charge in [-0.25, -0.2) is 0 Å². The Kier molecular flexibility index (Phi) is 7.34. The van der Waals surface area contributed by atoms with Gasteiger partial charge in [-0.2, -0.15) is 0 Å². The summed E-state index contributed by atoms with van der Waals surface area (Å²) in [5.74, 6) is 1.43. The fourth-order valence-electron chi connectivity index (χ4n) is 3.81. The van der Waals surface area contributed by atoms with Crippen LogP contribution in [0.15, 0.2) is 52.9 Å². The maximum Gasteiger partial charge on any atom is 0.572 e. The summed E-state index contributed by atoms with van der Waals surface area (Å²) in [4.78, 5) is 4.35. The summed E-state index contributed by atoms with van der Waals surface area (Å²) < 4.78 is 48.0. The average Bonchev–Trinajstić information content (AvgIpc) is 2.82. The second kappa shape index (κ2) is 9.77. The molecule has 1 aliphatic heterocycles. The lowest BCUT2D eigenvalue weighted by atomic mass is 9.92. The van der Waals surface area contributed by atoms with Crippen molar-refractivity contribution in [3.8, 4) is 0 Å². The number of alkyl halides is 3. The molecule has 1 N–H and O–H groups in total. The van der Waals surface area contributed by atoms with E-state index in [1.807, 2.05) is 24.3 Å². The van der Waals surface area contributed by atoms with Gasteiger partial charge in [0.2, 0.25) is 0 Å². The highest BCUT2D eigenvalue weighted by atomic mass is 35.5. The van der Waals surface area contributed by atoms with Crippen molar-refractivity contribution >= 4 is 17.4 Å². The summed E-state index contributed by atoms with van der Waals surface area (Å²) in [5.41, 5.74) is 1.12. The summed E-state index contributed by atoms with van der Waals surface area (Å²) in [6.07, 6.45) is 1.20. The van der Waals surface area contributed by atoms with Gasteiger partial charge in [0, 0.05) is 36.4 Å². The van der Waals surface area contributed by atoms with Crippen molar-refractivity contribution in [3.05, 3.63) is 58.5 Å². The minimum atomic E-state index is -4.70. The van der Waals surface area contributed by atoms with Crippen molar-refractivity contribution in [1.82, 2.24) is 5.32 Å². The van der Waals surface area contributed by atoms with Gasteiger partial charge in [-0.15, -0.1) is 13.2 Å². The van der Waals surface area contributed by atoms with Crippen molar-refractivity contribution in [2.75, 3.05) is 7.05 Å². The van der Waals surface area contributed by atoms with Gasteiger partial charge in [0.25, 0.3) is 0 Å². The van der Waals surface area contributed by atoms with Crippen LogP contribution in [0.4, 0.5) is 13.2 Å². The second-order valence-electron chi connectivity index (χ2n) is 7.66. The number of allylic oxidation sites excluding steroid dienone is 3. The molecule has 1 aromatic rings. The Bertz CT molecular complexity index is 819. The molecule has 164 valence electrons. The standard InChI is InChI=1S/C22H26ClF3N2O2/c1-14-6-9-16(12-15-7-10-17(23)11-8-15)21(28-20(14)27-2)29-18-4-3-5-19(13-18)30-22(24,25)26/h4,7-8,10-11,13-14,16,21H,3,5-6,9,12H2,1-2H3,(H,27,28). The normalized spacial score (nSPS) is 26.3. The largest absolute Gasteiger partial charge is 0.572 e. The fourth-order valence-corrected chi connectivity index (χ4v) is 3.93. The van der Waals surface area contributed by atoms with E-state index >= 15 is 0 Å². The number of hydrogen-bond acceptors (Lipinski definition) is 3. The van der Waals surface area contributed by atoms with E-state index in [-0.39, 0.29) is 24.0 Å². The summed E-state index contributed by atoms with van der Waals surface area (Å²) in [7, 11) is 1.73. The van der Waals surface area contributed by atoms with Gasteiger partial charge in [0.15, 0.2) is 6.23 Å². The van der Waals surface area contributed by atoms with Crippen LogP contribution in [-0.2, 0) is 15.9 Å². The third-order valence-corrected chi connectivity index (χ3v) is 5.61. The average molecular weight is 443 g/mol. The van der Waals surface area contributed by atoms with Crippen LogP contribution in [0.2, 0.25) is 5.02 Å². The van der Waals surface area contributed by atoms with E-state index in [0.29, 0.717) is 17.2 Å². The molecule has 0 aromatic heterocycles. The van der Waals surface area contributed by atoms with E-state index < -0.39 is 12.6 Å². The number of benzene rings is 1. The Labute approximate surface area is 179 Å². The monoisotopic (exact) mass is 442 g/mol. The molecular formula is C22H26ClF3N2O2. The maximum absolute atomic E-state index is 12.6. The van der Waals surface area contributed by atoms with Gasteiger partial charge < -0.3 is 14.8 Å². The Hall–Kier alpha value is -2.15. The molecule has 1 fully saturated rings. The van der Waals surface area contributed by atoms with E-state index in [1.165, 1.54) is 6.08 Å². The first-order valence-electron chi connectivity index (χ1n) is 10.0. The van der Waals surface area contributed by atoms with E-state index in [4.69, 9.17) is 16.3 Å². The topological polar surface area (TPSA) is 42.9 Å². The summed E-state index contributed by atoms with van der Waals surface area (Å²) in [6, 6.07) is 7.67. The molecule has 4 nitrogen and oxygen atoms in total. The molecule has 0 radical (unpaired) electrons. The lowest BCUT2D eigenvalue weighted by Gasteiger charge is -2.29. The number of aliphatic imine (C=N–C) groups is 1. The number of nitrogens with zero attached hydrogens (tertiary/aromatic N) is 1. The van der Waals surface area contributed by atoms with Crippen LogP contribution in [0.5, 0.6) is 0 Å². The first kappa shape index (κ1) is 22.5. The Morgan fingerprint density at radius 2 is 1.93 bits per heavy atom. The predicted octanol–water partition coefficient (Wildman–Crippen LogP) is 5.99. The van der Waals surface area contributed by atoms with Gasteiger partial charge in [0.05, 0.1) is 0 Å². The van der Waals surface area contributed by atoms with Crippen LogP contribution in [0, 0.1) is 11.8 Å². The predicted molar refractivity (Wildman–Crippen MR) is 111 cm³/mol. The van der Waals surface area contributed by atoms with Crippen LogP contribution in [-0.4, -0.2) is 25.5 Å². The molecule has 3 atom stereocenters. The summed E-state index contributed by atoms with van der Waals surface area (Å²) >= 11 is 6.00. The van der Waals surface area contributed by atoms with Crippen molar-refractivity contribution in [3.63, 3.8) is 0 Å². The van der Waals surface area contributed by atoms with Gasteiger partial charge in [0.1, 0.15) is 17.4 Å². The van der Waals surface area contributed by atoms with E-state index in [9.17, 15) is 13.2 Å². The fraction of sp³-hybridized carbons (Fsp3) is 0.500. The summed E-state index contributed by atoms with van der Waals surface area (Å²) in [5, 5.41) is 4.05. The summed E-state index contributed by atoms with van der Waals surface area (Å²) in [6.45, 7) is 2.10. The van der Waals surface area contributed by atoms with Gasteiger partial charge >= 0.3 is 6.36 Å². The Balaban J connectivity index is 1.79. The van der Waals surface area contributed by atoms with Gasteiger partial charge in [-0.05, 0) is 49.5 Å². The van der Waals surface area contributed by atoms with Crippen LogP contribution in [0.25, 0.3) is 0 Å². The van der Waals surface area contributed by atoms with Crippen molar-refractivity contribution in [2.24, 2.45) is 16.8 Å². The number of halogens is 4. The van der Waals surface area contributed by atoms with Crippen molar-refractivity contribution < 1.29 is 22.6 Å². The molecule has 8 heteroatoms. The Morgan fingerprint density at radius 1 is 1.20 bits per heavy atom.